The van der Waals surface area contributed by atoms with Crippen molar-refractivity contribution in [2.75, 3.05) is 12.9 Å². The van der Waals surface area contributed by atoms with E-state index in [2.05, 4.69) is 15.2 Å². The summed E-state index contributed by atoms with van der Waals surface area (Å²) in [6.45, 7) is 0. The summed E-state index contributed by atoms with van der Waals surface area (Å²) in [4.78, 5) is 16.9. The molecule has 126 valence electrons. The molecule has 0 aliphatic carbocycles. The van der Waals surface area contributed by atoms with Gasteiger partial charge in [-0.05, 0) is 30.3 Å². The van der Waals surface area contributed by atoms with Crippen molar-refractivity contribution in [1.82, 2.24) is 19.6 Å². The van der Waals surface area contributed by atoms with Crippen LogP contribution in [-0.2, 0) is 0 Å². The molecule has 0 saturated carbocycles. The van der Waals surface area contributed by atoms with E-state index in [1.165, 1.54) is 37.1 Å². The second-order valence-corrected chi connectivity index (χ2v) is 6.26. The Labute approximate surface area is 146 Å². The fourth-order valence-electron chi connectivity index (χ4n) is 2.65. The van der Waals surface area contributed by atoms with E-state index < -0.39 is 5.82 Å². The highest BCUT2D eigenvalue weighted by Crippen LogP contribution is 2.26. The second kappa shape index (κ2) is 6.21. The third-order valence-corrected chi connectivity index (χ3v) is 4.74. The molecule has 0 saturated heterocycles. The second-order valence-electron chi connectivity index (χ2n) is 5.32. The predicted molar refractivity (Wildman–Crippen MR) is 92.9 cm³/mol. The summed E-state index contributed by atoms with van der Waals surface area (Å²) >= 11 is 1.26. The molecule has 0 bridgehead atoms. The first-order valence-corrected chi connectivity index (χ1v) is 8.47. The maximum absolute atomic E-state index is 13.5. The molecule has 0 aliphatic rings. The van der Waals surface area contributed by atoms with Gasteiger partial charge in [0.15, 0.2) is 10.9 Å². The number of aromatic amines is 1. The summed E-state index contributed by atoms with van der Waals surface area (Å²) in [6, 6.07) is 11.6. The average Bonchev–Trinajstić information content (AvgIpc) is 3.19. The van der Waals surface area contributed by atoms with E-state index in [-0.39, 0.29) is 17.1 Å². The van der Waals surface area contributed by atoms with Gasteiger partial charge in [0, 0.05) is 0 Å². The van der Waals surface area contributed by atoms with Gasteiger partial charge in [0.25, 0.3) is 0 Å². The number of para-hydroxylation sites is 2. The number of nitrogens with one attached hydrogen (secondary N) is 1. The summed E-state index contributed by atoms with van der Waals surface area (Å²) in [7, 11) is 1.45. The van der Waals surface area contributed by atoms with Crippen molar-refractivity contribution in [3.63, 3.8) is 0 Å². The zero-order chi connectivity index (χ0) is 17.4. The van der Waals surface area contributed by atoms with Gasteiger partial charge in [-0.15, -0.1) is 5.10 Å². The Morgan fingerprint density at radius 3 is 3.00 bits per heavy atom. The van der Waals surface area contributed by atoms with Crippen LogP contribution < -0.4 is 4.74 Å². The van der Waals surface area contributed by atoms with Gasteiger partial charge in [0.1, 0.15) is 11.6 Å². The summed E-state index contributed by atoms with van der Waals surface area (Å²) in [5.74, 6) is 0.359. The molecule has 1 N–H and O–H groups in total. The Balaban J connectivity index is 1.62. The molecule has 0 fully saturated rings. The lowest BCUT2D eigenvalue weighted by Gasteiger charge is -2.07. The molecule has 2 heterocycles. The van der Waals surface area contributed by atoms with Crippen molar-refractivity contribution in [3.05, 3.63) is 53.8 Å². The van der Waals surface area contributed by atoms with E-state index in [1.54, 1.807) is 0 Å². The third kappa shape index (κ3) is 2.74. The monoisotopic (exact) mass is 356 g/mol. The minimum Gasteiger partial charge on any atom is -0.496 e. The number of Topliss-reactive ketones (excluding diaryl/α,β-unsaturated/α-hetero) is 1. The highest BCUT2D eigenvalue weighted by molar-refractivity contribution is 7.99. The van der Waals surface area contributed by atoms with Gasteiger partial charge in [-0.1, -0.05) is 23.9 Å². The summed E-state index contributed by atoms with van der Waals surface area (Å²) in [5.41, 5.74) is 1.97. The van der Waals surface area contributed by atoms with Gasteiger partial charge in [0.2, 0.25) is 5.78 Å². The van der Waals surface area contributed by atoms with E-state index >= 15 is 0 Å². The number of ether oxygens (including phenoxy) is 1. The van der Waals surface area contributed by atoms with E-state index in [4.69, 9.17) is 4.74 Å². The van der Waals surface area contributed by atoms with E-state index in [0.29, 0.717) is 16.7 Å². The number of hydrogen-bond donors (Lipinski definition) is 1. The lowest BCUT2D eigenvalue weighted by Crippen LogP contribution is -2.06. The van der Waals surface area contributed by atoms with Gasteiger partial charge >= 0.3 is 0 Å². The molecule has 25 heavy (non-hydrogen) atoms. The van der Waals surface area contributed by atoms with Crippen LogP contribution in [0.4, 0.5) is 4.39 Å². The molecule has 0 atom stereocenters. The van der Waals surface area contributed by atoms with Gasteiger partial charge < -0.3 is 4.74 Å². The molecule has 0 unspecified atom stereocenters. The number of carbonyl (C=O) groups excluding carboxylic acids is 1. The van der Waals surface area contributed by atoms with Crippen molar-refractivity contribution >= 4 is 34.4 Å². The first-order valence-electron chi connectivity index (χ1n) is 7.48. The normalized spacial score (nSPS) is 11.3. The maximum Gasteiger partial charge on any atom is 0.231 e. The Hall–Kier alpha value is -2.87. The Kier molecular flexibility index (Phi) is 3.89. The smallest absolute Gasteiger partial charge is 0.231 e. The van der Waals surface area contributed by atoms with Crippen LogP contribution in [0.25, 0.3) is 16.8 Å². The molecule has 4 rings (SSSR count). The zero-order valence-electron chi connectivity index (χ0n) is 13.2. The van der Waals surface area contributed by atoms with Crippen LogP contribution in [0.3, 0.4) is 0 Å². The summed E-state index contributed by atoms with van der Waals surface area (Å²) < 4.78 is 20.5. The standard InChI is InChI=1S/C17H13FN4O2S/c1-24-15-7-6-10(18)8-11(15)14(23)9-25-17-21-20-16-19-12-4-2-3-5-13(12)22(16)17/h2-8H,9H2,1H3,(H,19,20). The van der Waals surface area contributed by atoms with Crippen LogP contribution in [-0.4, -0.2) is 38.2 Å². The number of hydrogen-bond acceptors (Lipinski definition) is 5. The van der Waals surface area contributed by atoms with Crippen LogP contribution in [0, 0.1) is 5.82 Å². The molecule has 0 spiro atoms. The number of fused-ring (bicyclic) bond motifs is 3. The minimum atomic E-state index is -0.475. The van der Waals surface area contributed by atoms with E-state index in [9.17, 15) is 9.18 Å². The SMILES string of the molecule is COc1ccc(F)cc1C(=O)CSc1n[nH]c2nc3ccccc3n12. The third-order valence-electron chi connectivity index (χ3n) is 3.80. The Bertz CT molecular complexity index is 1090. The fraction of sp³-hybridized carbons (Fsp3) is 0.118. The number of ketones is 1. The van der Waals surface area contributed by atoms with E-state index in [0.717, 1.165) is 11.0 Å². The van der Waals surface area contributed by atoms with Crippen LogP contribution in [0.5, 0.6) is 5.75 Å². The van der Waals surface area contributed by atoms with Crippen LogP contribution in [0.15, 0.2) is 47.6 Å². The number of carbonyl (C=O) groups is 1. The first-order chi connectivity index (χ1) is 12.2. The number of thioether (sulfide) groups is 1. The van der Waals surface area contributed by atoms with Crippen LogP contribution >= 0.6 is 11.8 Å². The first kappa shape index (κ1) is 15.6. The van der Waals surface area contributed by atoms with Crippen molar-refractivity contribution in [2.24, 2.45) is 0 Å². The molecule has 0 radical (unpaired) electrons. The summed E-state index contributed by atoms with van der Waals surface area (Å²) in [6.07, 6.45) is 0. The molecule has 2 aromatic heterocycles. The van der Waals surface area contributed by atoms with Gasteiger partial charge in [-0.25, -0.2) is 14.5 Å². The van der Waals surface area contributed by atoms with E-state index in [1.807, 2.05) is 28.7 Å². The topological polar surface area (TPSA) is 72.3 Å². The molecule has 8 heteroatoms. The molecule has 0 amide bonds. The Morgan fingerprint density at radius 2 is 2.16 bits per heavy atom. The van der Waals surface area contributed by atoms with Gasteiger partial charge in [-0.3, -0.25) is 9.20 Å². The number of methoxy groups -OCH3 is 1. The Morgan fingerprint density at radius 1 is 1.32 bits per heavy atom. The molecule has 0 aliphatic heterocycles. The van der Waals surface area contributed by atoms with Crippen molar-refractivity contribution < 1.29 is 13.9 Å². The minimum absolute atomic E-state index is 0.103. The highest BCUT2D eigenvalue weighted by Gasteiger charge is 2.17. The number of rotatable bonds is 5. The molecular formula is C17H13FN4O2S. The quantitative estimate of drug-likeness (QED) is 0.439. The number of benzene rings is 2. The van der Waals surface area contributed by atoms with Gasteiger partial charge in [-0.2, -0.15) is 0 Å². The van der Waals surface area contributed by atoms with Crippen molar-refractivity contribution in [2.45, 2.75) is 5.16 Å². The van der Waals surface area contributed by atoms with Gasteiger partial charge in [0.05, 0.1) is 29.5 Å². The molecular weight excluding hydrogens is 343 g/mol. The number of aromatic nitrogens is 4. The molecule has 4 aromatic rings. The average molecular weight is 356 g/mol. The predicted octanol–water partition coefficient (Wildman–Crippen LogP) is 3.33. The number of H-pyrrole nitrogens is 1. The van der Waals surface area contributed by atoms with Crippen LogP contribution in [0.2, 0.25) is 0 Å². The number of nitrogens with zero attached hydrogens (tertiary/aromatic N) is 3. The zero-order valence-corrected chi connectivity index (χ0v) is 14.0. The lowest BCUT2D eigenvalue weighted by atomic mass is 10.1. The largest absolute Gasteiger partial charge is 0.496 e. The fourth-order valence-corrected chi connectivity index (χ4v) is 3.49. The number of imidazole rings is 1. The summed E-state index contributed by atoms with van der Waals surface area (Å²) in [5, 5.41) is 7.69. The van der Waals surface area contributed by atoms with Crippen molar-refractivity contribution in [3.8, 4) is 5.75 Å². The molecule has 2 aromatic carbocycles. The molecule has 6 nitrogen and oxygen atoms in total. The highest BCUT2D eigenvalue weighted by atomic mass is 32.2. The van der Waals surface area contributed by atoms with Crippen molar-refractivity contribution in [1.29, 1.82) is 0 Å². The number of halogens is 1. The lowest BCUT2D eigenvalue weighted by molar-refractivity contribution is 0.101. The van der Waals surface area contributed by atoms with Crippen LogP contribution in [0.1, 0.15) is 10.4 Å². The maximum atomic E-state index is 13.5.